The van der Waals surface area contributed by atoms with Crippen molar-refractivity contribution in [1.82, 2.24) is 9.78 Å². The van der Waals surface area contributed by atoms with Gasteiger partial charge in [0.05, 0.1) is 18.7 Å². The van der Waals surface area contributed by atoms with E-state index in [9.17, 15) is 14.0 Å². The van der Waals surface area contributed by atoms with E-state index in [4.69, 9.17) is 4.74 Å². The molecule has 23 heavy (non-hydrogen) atoms. The van der Waals surface area contributed by atoms with Gasteiger partial charge in [0.25, 0.3) is 0 Å². The minimum atomic E-state index is -0.657. The topological polar surface area (TPSA) is 61.2 Å². The van der Waals surface area contributed by atoms with Gasteiger partial charge in [0.1, 0.15) is 18.1 Å². The molecule has 0 saturated heterocycles. The molecule has 0 N–H and O–H groups in total. The molecule has 0 fully saturated rings. The lowest BCUT2D eigenvalue weighted by Gasteiger charge is -2.19. The van der Waals surface area contributed by atoms with Gasteiger partial charge in [-0.05, 0) is 43.5 Å². The summed E-state index contributed by atoms with van der Waals surface area (Å²) in [5.41, 5.74) is 1.53. The zero-order valence-corrected chi connectivity index (χ0v) is 13.1. The first kappa shape index (κ1) is 16.9. The van der Waals surface area contributed by atoms with Crippen LogP contribution in [0.2, 0.25) is 0 Å². The molecule has 122 valence electrons. The number of hydrogen-bond acceptors (Lipinski definition) is 4. The molecule has 0 saturated carbocycles. The van der Waals surface area contributed by atoms with Crippen LogP contribution in [0.1, 0.15) is 36.4 Å². The highest BCUT2D eigenvalue weighted by atomic mass is 19.1. The average Bonchev–Trinajstić information content (AvgIpc) is 2.96. The molecule has 0 radical (unpaired) electrons. The van der Waals surface area contributed by atoms with Gasteiger partial charge >= 0.3 is 5.97 Å². The minimum absolute atomic E-state index is 0.203. The third-order valence-corrected chi connectivity index (χ3v) is 3.55. The van der Waals surface area contributed by atoms with Crippen LogP contribution in [0.5, 0.6) is 0 Å². The minimum Gasteiger partial charge on any atom is -0.466 e. The summed E-state index contributed by atoms with van der Waals surface area (Å²) in [7, 11) is 0. The van der Waals surface area contributed by atoms with Gasteiger partial charge in [-0.15, -0.1) is 0 Å². The number of carbonyl (C=O) groups excluding carboxylic acids is 2. The lowest BCUT2D eigenvalue weighted by molar-refractivity contribution is -0.145. The Morgan fingerprint density at radius 3 is 2.61 bits per heavy atom. The quantitative estimate of drug-likeness (QED) is 0.582. The van der Waals surface area contributed by atoms with Crippen LogP contribution in [0.25, 0.3) is 0 Å². The molecule has 0 aliphatic rings. The maximum absolute atomic E-state index is 13.1. The molecule has 2 unspecified atom stereocenters. The second kappa shape index (κ2) is 7.67. The maximum Gasteiger partial charge on any atom is 0.313 e. The third-order valence-electron chi connectivity index (χ3n) is 3.55. The fraction of sp³-hybridized carbons (Fsp3) is 0.353. The fourth-order valence-electron chi connectivity index (χ4n) is 2.39. The van der Waals surface area contributed by atoms with Crippen LogP contribution < -0.4 is 0 Å². The van der Waals surface area contributed by atoms with E-state index in [2.05, 4.69) is 5.10 Å². The molecule has 2 aromatic rings. The highest BCUT2D eigenvalue weighted by molar-refractivity contribution is 5.78. The van der Waals surface area contributed by atoms with Gasteiger partial charge in [-0.2, -0.15) is 5.10 Å². The number of carbonyl (C=O) groups is 2. The predicted molar refractivity (Wildman–Crippen MR) is 82.5 cm³/mol. The molecule has 1 heterocycles. The number of halogens is 1. The number of benzene rings is 1. The Bertz CT molecular complexity index is 667. The summed E-state index contributed by atoms with van der Waals surface area (Å²) in [6.07, 6.45) is 4.34. The first-order valence-electron chi connectivity index (χ1n) is 7.43. The second-order valence-corrected chi connectivity index (χ2v) is 5.29. The first-order chi connectivity index (χ1) is 11.0. The Kier molecular flexibility index (Phi) is 5.62. The molecule has 0 spiro atoms. The number of aromatic nitrogens is 2. The Hall–Kier alpha value is -2.50. The number of nitrogens with zero attached hydrogens (tertiary/aromatic N) is 2. The zero-order chi connectivity index (χ0) is 16.8. The highest BCUT2D eigenvalue weighted by Gasteiger charge is 2.27. The van der Waals surface area contributed by atoms with Gasteiger partial charge in [0.15, 0.2) is 0 Å². The van der Waals surface area contributed by atoms with Crippen LogP contribution in [-0.4, -0.2) is 28.6 Å². The summed E-state index contributed by atoms with van der Waals surface area (Å²) in [4.78, 5) is 23.7. The number of aryl methyl sites for hydroxylation is 1. The van der Waals surface area contributed by atoms with E-state index in [1.807, 2.05) is 6.92 Å². The van der Waals surface area contributed by atoms with Crippen molar-refractivity contribution in [1.29, 1.82) is 0 Å². The van der Waals surface area contributed by atoms with Crippen molar-refractivity contribution in [3.05, 3.63) is 53.6 Å². The van der Waals surface area contributed by atoms with E-state index in [0.717, 1.165) is 11.8 Å². The van der Waals surface area contributed by atoms with Crippen molar-refractivity contribution in [3.8, 4) is 0 Å². The van der Waals surface area contributed by atoms with E-state index in [1.54, 1.807) is 19.3 Å². The van der Waals surface area contributed by atoms with Crippen molar-refractivity contribution in [2.24, 2.45) is 0 Å². The molecule has 2 atom stereocenters. The van der Waals surface area contributed by atoms with Crippen LogP contribution in [0.4, 0.5) is 4.39 Å². The number of aldehydes is 1. The van der Waals surface area contributed by atoms with Crippen molar-refractivity contribution in [2.45, 2.75) is 32.2 Å². The zero-order valence-electron chi connectivity index (χ0n) is 13.1. The van der Waals surface area contributed by atoms with Crippen molar-refractivity contribution >= 4 is 12.3 Å². The first-order valence-corrected chi connectivity index (χ1v) is 7.43. The molecule has 0 amide bonds. The molecule has 0 bridgehead atoms. The van der Waals surface area contributed by atoms with Crippen molar-refractivity contribution < 1.29 is 18.7 Å². The van der Waals surface area contributed by atoms with E-state index < -0.39 is 17.9 Å². The van der Waals surface area contributed by atoms with Crippen LogP contribution >= 0.6 is 0 Å². The number of hydrogen-bond donors (Lipinski definition) is 0. The standard InChI is InChI=1S/C17H19FN2O3/c1-3-23-17(22)16(13-4-6-14(18)7-5-13)8-15(11-21)20-10-12(2)9-19-20/h4-7,9-11,15-16H,3,8H2,1-2H3. The van der Waals surface area contributed by atoms with E-state index in [1.165, 1.54) is 28.9 Å². The van der Waals surface area contributed by atoms with Crippen molar-refractivity contribution in [3.63, 3.8) is 0 Å². The van der Waals surface area contributed by atoms with Crippen LogP contribution in [0, 0.1) is 12.7 Å². The highest BCUT2D eigenvalue weighted by Crippen LogP contribution is 2.27. The number of rotatable bonds is 7. The van der Waals surface area contributed by atoms with Gasteiger partial charge in [0, 0.05) is 6.20 Å². The SMILES string of the molecule is CCOC(=O)C(CC(C=O)n1cc(C)cn1)c1ccc(F)cc1. The molecule has 6 heteroatoms. The predicted octanol–water partition coefficient (Wildman–Crippen LogP) is 2.81. The molecule has 1 aromatic carbocycles. The summed E-state index contributed by atoms with van der Waals surface area (Å²) in [6, 6.07) is 5.05. The van der Waals surface area contributed by atoms with Gasteiger partial charge in [0.2, 0.25) is 0 Å². The monoisotopic (exact) mass is 318 g/mol. The van der Waals surface area contributed by atoms with Crippen LogP contribution in [0.3, 0.4) is 0 Å². The van der Waals surface area contributed by atoms with Gasteiger partial charge in [-0.3, -0.25) is 9.48 Å². The van der Waals surface area contributed by atoms with E-state index >= 15 is 0 Å². The Morgan fingerprint density at radius 2 is 2.09 bits per heavy atom. The normalized spacial score (nSPS) is 13.3. The molecule has 0 aliphatic carbocycles. The van der Waals surface area contributed by atoms with E-state index in [0.29, 0.717) is 5.56 Å². The molecule has 0 aliphatic heterocycles. The van der Waals surface area contributed by atoms with Crippen LogP contribution in [0.15, 0.2) is 36.7 Å². The largest absolute Gasteiger partial charge is 0.466 e. The van der Waals surface area contributed by atoms with Crippen molar-refractivity contribution in [2.75, 3.05) is 6.61 Å². The van der Waals surface area contributed by atoms with Gasteiger partial charge in [-0.1, -0.05) is 12.1 Å². The fourth-order valence-corrected chi connectivity index (χ4v) is 2.39. The van der Waals surface area contributed by atoms with Gasteiger partial charge < -0.3 is 9.53 Å². The molecule has 2 rings (SSSR count). The molecule has 1 aromatic heterocycles. The maximum atomic E-state index is 13.1. The third kappa shape index (κ3) is 4.25. The summed E-state index contributed by atoms with van der Waals surface area (Å²) >= 11 is 0. The second-order valence-electron chi connectivity index (χ2n) is 5.29. The van der Waals surface area contributed by atoms with Crippen LogP contribution in [-0.2, 0) is 14.3 Å². The lowest BCUT2D eigenvalue weighted by atomic mass is 9.92. The number of esters is 1. The lowest BCUT2D eigenvalue weighted by Crippen LogP contribution is -2.22. The molecule has 5 nitrogen and oxygen atoms in total. The Morgan fingerprint density at radius 1 is 1.39 bits per heavy atom. The Balaban J connectivity index is 2.27. The summed E-state index contributed by atoms with van der Waals surface area (Å²) in [5.74, 6) is -1.48. The Labute approximate surface area is 134 Å². The summed E-state index contributed by atoms with van der Waals surface area (Å²) in [5, 5.41) is 4.13. The van der Waals surface area contributed by atoms with E-state index in [-0.39, 0.29) is 18.8 Å². The summed E-state index contributed by atoms with van der Waals surface area (Å²) < 4.78 is 19.7. The summed E-state index contributed by atoms with van der Waals surface area (Å²) in [6.45, 7) is 3.82. The number of ether oxygens (including phenoxy) is 1. The smallest absolute Gasteiger partial charge is 0.313 e. The molecular weight excluding hydrogens is 299 g/mol. The molecular formula is C17H19FN2O3. The van der Waals surface area contributed by atoms with Gasteiger partial charge in [-0.25, -0.2) is 4.39 Å². The average molecular weight is 318 g/mol.